The zero-order chi connectivity index (χ0) is 21.3. The highest BCUT2D eigenvalue weighted by Crippen LogP contribution is 2.28. The SMILES string of the molecule is CC(C)S(=O)(=O)c1ccc(CC(=O)N2CC(c3nc(-c4cccnc4)no3)C2)cc1. The van der Waals surface area contributed by atoms with Crippen LogP contribution in [0.5, 0.6) is 0 Å². The van der Waals surface area contributed by atoms with Crippen molar-refractivity contribution in [3.63, 3.8) is 0 Å². The standard InChI is InChI=1S/C21H22N4O4S/c1-14(2)30(27,28)18-7-5-15(6-8-18)10-19(26)25-12-17(13-25)21-23-20(24-29-21)16-4-3-9-22-11-16/h3-9,11,14,17H,10,12-13H2,1-2H3. The van der Waals surface area contributed by atoms with Gasteiger partial charge >= 0.3 is 0 Å². The van der Waals surface area contributed by atoms with E-state index in [2.05, 4.69) is 15.1 Å². The zero-order valence-electron chi connectivity index (χ0n) is 16.7. The second-order valence-electron chi connectivity index (χ2n) is 7.61. The molecule has 3 aromatic rings. The lowest BCUT2D eigenvalue weighted by Gasteiger charge is -2.37. The van der Waals surface area contributed by atoms with E-state index in [0.29, 0.717) is 24.8 Å². The highest BCUT2D eigenvalue weighted by Gasteiger charge is 2.35. The third kappa shape index (κ3) is 3.97. The van der Waals surface area contributed by atoms with E-state index in [-0.39, 0.29) is 23.1 Å². The van der Waals surface area contributed by atoms with Crippen LogP contribution in [0.25, 0.3) is 11.4 Å². The molecule has 0 atom stereocenters. The number of carbonyl (C=O) groups is 1. The van der Waals surface area contributed by atoms with Gasteiger partial charge in [-0.15, -0.1) is 0 Å². The molecule has 0 N–H and O–H groups in total. The molecule has 1 saturated heterocycles. The molecule has 0 bridgehead atoms. The van der Waals surface area contributed by atoms with Crippen molar-refractivity contribution in [3.05, 3.63) is 60.2 Å². The molecule has 1 aromatic carbocycles. The molecule has 1 aliphatic rings. The predicted octanol–water partition coefficient (Wildman–Crippen LogP) is 2.48. The maximum absolute atomic E-state index is 12.5. The molecular formula is C21H22N4O4S. The highest BCUT2D eigenvalue weighted by molar-refractivity contribution is 7.92. The molecule has 9 heteroatoms. The average molecular weight is 426 g/mol. The molecule has 0 radical (unpaired) electrons. The van der Waals surface area contributed by atoms with Crippen molar-refractivity contribution in [2.75, 3.05) is 13.1 Å². The van der Waals surface area contributed by atoms with Crippen molar-refractivity contribution >= 4 is 15.7 Å². The summed E-state index contributed by atoms with van der Waals surface area (Å²) in [7, 11) is -3.31. The normalized spacial score (nSPS) is 14.7. The highest BCUT2D eigenvalue weighted by atomic mass is 32.2. The number of carbonyl (C=O) groups excluding carboxylic acids is 1. The van der Waals surface area contributed by atoms with Gasteiger partial charge in [0.05, 0.1) is 22.5 Å². The summed E-state index contributed by atoms with van der Waals surface area (Å²) >= 11 is 0. The number of nitrogens with zero attached hydrogens (tertiary/aromatic N) is 4. The number of pyridine rings is 1. The molecule has 1 amide bonds. The number of rotatable bonds is 6. The second-order valence-corrected chi connectivity index (χ2v) is 10.1. The first-order chi connectivity index (χ1) is 14.3. The van der Waals surface area contributed by atoms with Crippen LogP contribution in [0.2, 0.25) is 0 Å². The lowest BCUT2D eigenvalue weighted by Crippen LogP contribution is -2.49. The first-order valence-electron chi connectivity index (χ1n) is 9.69. The van der Waals surface area contributed by atoms with Crippen LogP contribution in [0.3, 0.4) is 0 Å². The first-order valence-corrected chi connectivity index (χ1v) is 11.2. The number of aromatic nitrogens is 3. The zero-order valence-corrected chi connectivity index (χ0v) is 17.5. The van der Waals surface area contributed by atoms with Crippen LogP contribution in [-0.2, 0) is 21.1 Å². The molecule has 2 aromatic heterocycles. The molecule has 0 saturated carbocycles. The van der Waals surface area contributed by atoms with Crippen molar-refractivity contribution in [2.24, 2.45) is 0 Å². The van der Waals surface area contributed by atoms with E-state index in [0.717, 1.165) is 11.1 Å². The van der Waals surface area contributed by atoms with Crippen LogP contribution in [0.4, 0.5) is 0 Å². The van der Waals surface area contributed by atoms with Crippen LogP contribution in [0.1, 0.15) is 31.2 Å². The number of sulfone groups is 1. The summed E-state index contributed by atoms with van der Waals surface area (Å²) in [6.45, 7) is 4.34. The molecule has 0 aliphatic carbocycles. The Labute approximate surface area is 174 Å². The third-order valence-electron chi connectivity index (χ3n) is 5.17. The number of amides is 1. The molecule has 30 heavy (non-hydrogen) atoms. The lowest BCUT2D eigenvalue weighted by molar-refractivity contribution is -0.135. The van der Waals surface area contributed by atoms with Crippen molar-refractivity contribution < 1.29 is 17.7 Å². The van der Waals surface area contributed by atoms with Crippen LogP contribution in [0.15, 0.2) is 58.2 Å². The molecule has 1 fully saturated rings. The topological polar surface area (TPSA) is 106 Å². The summed E-state index contributed by atoms with van der Waals surface area (Å²) < 4.78 is 29.7. The monoisotopic (exact) mass is 426 g/mol. The maximum atomic E-state index is 12.5. The number of hydrogen-bond acceptors (Lipinski definition) is 7. The van der Waals surface area contributed by atoms with E-state index in [9.17, 15) is 13.2 Å². The average Bonchev–Trinajstić information content (AvgIpc) is 3.17. The van der Waals surface area contributed by atoms with E-state index in [1.54, 1.807) is 61.5 Å². The molecule has 1 aliphatic heterocycles. The summed E-state index contributed by atoms with van der Waals surface area (Å²) in [6, 6.07) is 10.2. The van der Waals surface area contributed by atoms with Gasteiger partial charge in [0, 0.05) is 31.0 Å². The van der Waals surface area contributed by atoms with Gasteiger partial charge in [-0.05, 0) is 43.7 Å². The summed E-state index contributed by atoms with van der Waals surface area (Å²) in [6.07, 6.45) is 3.57. The first kappa shape index (κ1) is 20.2. The molecular weight excluding hydrogens is 404 g/mol. The van der Waals surface area contributed by atoms with Crippen molar-refractivity contribution in [2.45, 2.75) is 36.3 Å². The third-order valence-corrected chi connectivity index (χ3v) is 7.34. The van der Waals surface area contributed by atoms with Gasteiger partial charge in [-0.2, -0.15) is 4.98 Å². The van der Waals surface area contributed by atoms with E-state index in [1.807, 2.05) is 6.07 Å². The number of benzene rings is 1. The lowest BCUT2D eigenvalue weighted by atomic mass is 9.99. The van der Waals surface area contributed by atoms with E-state index in [4.69, 9.17) is 4.52 Å². The van der Waals surface area contributed by atoms with Gasteiger partial charge in [-0.3, -0.25) is 9.78 Å². The van der Waals surface area contributed by atoms with Crippen molar-refractivity contribution in [3.8, 4) is 11.4 Å². The van der Waals surface area contributed by atoms with Gasteiger partial charge in [0.25, 0.3) is 0 Å². The van der Waals surface area contributed by atoms with Gasteiger partial charge in [0.15, 0.2) is 9.84 Å². The van der Waals surface area contributed by atoms with Crippen LogP contribution >= 0.6 is 0 Å². The Hall–Kier alpha value is -3.07. The largest absolute Gasteiger partial charge is 0.341 e. The van der Waals surface area contributed by atoms with Gasteiger partial charge in [0.2, 0.25) is 17.6 Å². The van der Waals surface area contributed by atoms with Crippen LogP contribution < -0.4 is 0 Å². The Bertz CT molecular complexity index is 1140. The summed E-state index contributed by atoms with van der Waals surface area (Å²) in [5.74, 6) is 1.00. The second kappa shape index (κ2) is 7.98. The Balaban J connectivity index is 1.33. The van der Waals surface area contributed by atoms with Gasteiger partial charge in [-0.25, -0.2) is 8.42 Å². The molecule has 4 rings (SSSR count). The number of likely N-dealkylation sites (tertiary alicyclic amines) is 1. The Kier molecular flexibility index (Phi) is 5.38. The Morgan fingerprint density at radius 1 is 1.20 bits per heavy atom. The minimum atomic E-state index is -3.31. The molecule has 8 nitrogen and oxygen atoms in total. The van der Waals surface area contributed by atoms with Crippen molar-refractivity contribution in [1.82, 2.24) is 20.0 Å². The molecule has 156 valence electrons. The van der Waals surface area contributed by atoms with Crippen molar-refractivity contribution in [1.29, 1.82) is 0 Å². The summed E-state index contributed by atoms with van der Waals surface area (Å²) in [5, 5.41) is 3.51. The minimum absolute atomic E-state index is 0.0160. The van der Waals surface area contributed by atoms with Crippen LogP contribution in [-0.4, -0.2) is 52.7 Å². The molecule has 0 spiro atoms. The summed E-state index contributed by atoms with van der Waals surface area (Å²) in [5.41, 5.74) is 1.56. The van der Waals surface area contributed by atoms with E-state index < -0.39 is 15.1 Å². The quantitative estimate of drug-likeness (QED) is 0.596. The van der Waals surface area contributed by atoms with Gasteiger partial charge < -0.3 is 9.42 Å². The van der Waals surface area contributed by atoms with E-state index >= 15 is 0 Å². The maximum Gasteiger partial charge on any atom is 0.233 e. The van der Waals surface area contributed by atoms with Crippen LogP contribution in [0, 0.1) is 0 Å². The fourth-order valence-corrected chi connectivity index (χ4v) is 4.27. The predicted molar refractivity (Wildman–Crippen MR) is 109 cm³/mol. The molecule has 0 unspecified atom stereocenters. The Morgan fingerprint density at radius 3 is 2.57 bits per heavy atom. The van der Waals surface area contributed by atoms with Gasteiger partial charge in [-0.1, -0.05) is 17.3 Å². The Morgan fingerprint density at radius 2 is 1.93 bits per heavy atom. The van der Waals surface area contributed by atoms with E-state index in [1.165, 1.54) is 0 Å². The fourth-order valence-electron chi connectivity index (χ4n) is 3.21. The molecule has 3 heterocycles. The fraction of sp³-hybridized carbons (Fsp3) is 0.333. The summed E-state index contributed by atoms with van der Waals surface area (Å²) in [4.78, 5) is 23.0. The minimum Gasteiger partial charge on any atom is -0.341 e. The van der Waals surface area contributed by atoms with Gasteiger partial charge in [0.1, 0.15) is 0 Å². The smallest absolute Gasteiger partial charge is 0.233 e. The number of hydrogen-bond donors (Lipinski definition) is 0.